The molecule has 3 aromatic rings. The number of benzene rings is 2. The molecule has 0 N–H and O–H groups in total. The van der Waals surface area contributed by atoms with E-state index in [1.54, 1.807) is 18.2 Å². The molecule has 0 saturated heterocycles. The summed E-state index contributed by atoms with van der Waals surface area (Å²) < 4.78 is 24.7. The highest BCUT2D eigenvalue weighted by atomic mass is 19.1. The van der Waals surface area contributed by atoms with Crippen molar-refractivity contribution in [2.75, 3.05) is 13.7 Å². The van der Waals surface area contributed by atoms with Crippen molar-refractivity contribution in [2.45, 2.75) is 26.4 Å². The minimum absolute atomic E-state index is 0.00858. The summed E-state index contributed by atoms with van der Waals surface area (Å²) in [5.41, 5.74) is 1.39. The molecule has 29 heavy (non-hydrogen) atoms. The molecule has 9 heteroatoms. The smallest absolute Gasteiger partial charge is 0.269 e. The lowest BCUT2D eigenvalue weighted by Gasteiger charge is -2.25. The Morgan fingerprint density at radius 1 is 1.24 bits per heavy atom. The largest absolute Gasteiger partial charge is 0.494 e. The zero-order valence-electron chi connectivity index (χ0n) is 16.3. The highest BCUT2D eigenvalue weighted by molar-refractivity contribution is 5.55. The molecule has 0 unspecified atom stereocenters. The first kappa shape index (κ1) is 20.4. The second kappa shape index (κ2) is 8.78. The first-order chi connectivity index (χ1) is 13.9. The number of ether oxygens (including phenoxy) is 1. The van der Waals surface area contributed by atoms with Crippen molar-refractivity contribution in [3.05, 3.63) is 69.9 Å². The van der Waals surface area contributed by atoms with E-state index in [-0.39, 0.29) is 23.4 Å². The Kier molecular flexibility index (Phi) is 6.18. The highest BCUT2D eigenvalue weighted by Crippen LogP contribution is 2.27. The van der Waals surface area contributed by atoms with E-state index in [1.165, 1.54) is 25.3 Å². The number of nitrogens with zero attached hydrogens (tertiary/aromatic N) is 4. The van der Waals surface area contributed by atoms with Crippen LogP contribution < -0.4 is 4.74 Å². The van der Waals surface area contributed by atoms with Gasteiger partial charge in [-0.05, 0) is 43.3 Å². The van der Waals surface area contributed by atoms with E-state index >= 15 is 0 Å². The van der Waals surface area contributed by atoms with E-state index in [2.05, 4.69) is 15.1 Å². The highest BCUT2D eigenvalue weighted by Gasteiger charge is 2.22. The van der Waals surface area contributed by atoms with Gasteiger partial charge in [0.25, 0.3) is 5.69 Å². The van der Waals surface area contributed by atoms with Crippen molar-refractivity contribution in [2.24, 2.45) is 0 Å². The van der Waals surface area contributed by atoms with Crippen LogP contribution >= 0.6 is 0 Å². The van der Waals surface area contributed by atoms with Gasteiger partial charge in [-0.15, -0.1) is 10.2 Å². The monoisotopic (exact) mass is 400 g/mol. The predicted octanol–water partition coefficient (Wildman–Crippen LogP) is 4.38. The molecule has 1 heterocycles. The Hall–Kier alpha value is -3.33. The Balaban J connectivity index is 1.75. The molecule has 0 radical (unpaired) electrons. The van der Waals surface area contributed by atoms with Gasteiger partial charge in [0, 0.05) is 24.2 Å². The van der Waals surface area contributed by atoms with E-state index in [1.807, 2.05) is 19.9 Å². The molecule has 1 atom stereocenters. The fourth-order valence-corrected chi connectivity index (χ4v) is 2.97. The molecular formula is C20H21FN4O4. The number of methoxy groups -OCH3 is 1. The van der Waals surface area contributed by atoms with Crippen LogP contribution in [-0.2, 0) is 6.54 Å². The standard InChI is InChI=1S/C20H21FN4O4/c1-4-24(12-14-5-10-18(28-3)17(21)11-14)13(2)19-22-23-20(29-19)15-6-8-16(9-7-15)25(26)27/h5-11,13H,4,12H2,1-3H3/t13-/m0/s1. The van der Waals surface area contributed by atoms with Crippen LogP contribution in [0.1, 0.15) is 31.3 Å². The minimum atomic E-state index is -0.466. The minimum Gasteiger partial charge on any atom is -0.494 e. The number of nitro groups is 1. The first-order valence-electron chi connectivity index (χ1n) is 9.07. The number of rotatable bonds is 8. The van der Waals surface area contributed by atoms with E-state index in [0.717, 1.165) is 5.56 Å². The Bertz CT molecular complexity index is 990. The number of nitro benzene ring substituents is 1. The molecule has 152 valence electrons. The summed E-state index contributed by atoms with van der Waals surface area (Å²) in [5, 5.41) is 18.9. The maximum absolute atomic E-state index is 14.0. The number of non-ortho nitro benzene ring substituents is 1. The van der Waals surface area contributed by atoms with Crippen LogP contribution in [0.25, 0.3) is 11.5 Å². The lowest BCUT2D eigenvalue weighted by molar-refractivity contribution is -0.384. The average Bonchev–Trinajstić information content (AvgIpc) is 3.22. The molecule has 2 aromatic carbocycles. The molecule has 1 aromatic heterocycles. The van der Waals surface area contributed by atoms with Crippen LogP contribution in [0.15, 0.2) is 46.9 Å². The van der Waals surface area contributed by atoms with Crippen LogP contribution in [0.2, 0.25) is 0 Å². The number of halogens is 1. The zero-order valence-corrected chi connectivity index (χ0v) is 16.3. The lowest BCUT2D eigenvalue weighted by Crippen LogP contribution is -2.26. The van der Waals surface area contributed by atoms with Gasteiger partial charge in [-0.1, -0.05) is 13.0 Å². The molecule has 0 aliphatic rings. The van der Waals surface area contributed by atoms with Crippen molar-refractivity contribution in [3.8, 4) is 17.2 Å². The molecule has 0 fully saturated rings. The van der Waals surface area contributed by atoms with Gasteiger partial charge in [0.1, 0.15) is 0 Å². The molecule has 0 aliphatic carbocycles. The normalized spacial score (nSPS) is 12.2. The molecular weight excluding hydrogens is 379 g/mol. The Morgan fingerprint density at radius 3 is 2.55 bits per heavy atom. The van der Waals surface area contributed by atoms with Crippen LogP contribution in [-0.4, -0.2) is 33.7 Å². The number of aromatic nitrogens is 2. The van der Waals surface area contributed by atoms with Gasteiger partial charge in [-0.3, -0.25) is 15.0 Å². The summed E-state index contributed by atoms with van der Waals surface area (Å²) in [5.74, 6) is 0.490. The maximum Gasteiger partial charge on any atom is 0.269 e. The maximum atomic E-state index is 14.0. The molecule has 0 aliphatic heterocycles. The van der Waals surface area contributed by atoms with Crippen molar-refractivity contribution in [3.63, 3.8) is 0 Å². The molecule has 0 saturated carbocycles. The van der Waals surface area contributed by atoms with Crippen molar-refractivity contribution in [1.82, 2.24) is 15.1 Å². The van der Waals surface area contributed by atoms with E-state index < -0.39 is 10.7 Å². The molecule has 0 bridgehead atoms. The van der Waals surface area contributed by atoms with Crippen LogP contribution in [0.3, 0.4) is 0 Å². The summed E-state index contributed by atoms with van der Waals surface area (Å²) in [6.45, 7) is 5.10. The van der Waals surface area contributed by atoms with Gasteiger partial charge in [-0.25, -0.2) is 4.39 Å². The lowest BCUT2D eigenvalue weighted by atomic mass is 10.1. The van der Waals surface area contributed by atoms with Gasteiger partial charge in [-0.2, -0.15) is 0 Å². The molecule has 8 nitrogen and oxygen atoms in total. The summed E-state index contributed by atoms with van der Waals surface area (Å²) in [4.78, 5) is 12.4. The SMILES string of the molecule is CCN(Cc1ccc(OC)c(F)c1)[C@@H](C)c1nnc(-c2ccc([N+](=O)[O-])cc2)o1. The Labute approximate surface area is 167 Å². The molecule has 0 amide bonds. The third kappa shape index (κ3) is 4.57. The predicted molar refractivity (Wildman–Crippen MR) is 104 cm³/mol. The zero-order chi connectivity index (χ0) is 21.0. The molecule has 0 spiro atoms. The second-order valence-corrected chi connectivity index (χ2v) is 6.46. The van der Waals surface area contributed by atoms with Gasteiger partial charge in [0.05, 0.1) is 18.1 Å². The number of hydrogen-bond donors (Lipinski definition) is 0. The van der Waals surface area contributed by atoms with E-state index in [9.17, 15) is 14.5 Å². The topological polar surface area (TPSA) is 94.5 Å². The fourth-order valence-electron chi connectivity index (χ4n) is 2.97. The van der Waals surface area contributed by atoms with Gasteiger partial charge < -0.3 is 9.15 Å². The van der Waals surface area contributed by atoms with Gasteiger partial charge in [0.2, 0.25) is 11.8 Å². The summed E-state index contributed by atoms with van der Waals surface area (Å²) in [7, 11) is 1.43. The van der Waals surface area contributed by atoms with Crippen molar-refractivity contribution >= 4 is 5.69 Å². The van der Waals surface area contributed by atoms with Crippen LogP contribution in [0.5, 0.6) is 5.75 Å². The van der Waals surface area contributed by atoms with Gasteiger partial charge in [0.15, 0.2) is 11.6 Å². The first-order valence-corrected chi connectivity index (χ1v) is 9.07. The molecule has 3 rings (SSSR count). The third-order valence-electron chi connectivity index (χ3n) is 4.68. The third-order valence-corrected chi connectivity index (χ3v) is 4.68. The second-order valence-electron chi connectivity index (χ2n) is 6.46. The average molecular weight is 400 g/mol. The van der Waals surface area contributed by atoms with E-state index in [4.69, 9.17) is 9.15 Å². The van der Waals surface area contributed by atoms with Crippen molar-refractivity contribution in [1.29, 1.82) is 0 Å². The summed E-state index contributed by atoms with van der Waals surface area (Å²) in [6.07, 6.45) is 0. The fraction of sp³-hybridized carbons (Fsp3) is 0.300. The number of hydrogen-bond acceptors (Lipinski definition) is 7. The summed E-state index contributed by atoms with van der Waals surface area (Å²) >= 11 is 0. The van der Waals surface area contributed by atoms with Crippen LogP contribution in [0, 0.1) is 15.9 Å². The van der Waals surface area contributed by atoms with Crippen molar-refractivity contribution < 1.29 is 18.5 Å². The van der Waals surface area contributed by atoms with Crippen LogP contribution in [0.4, 0.5) is 10.1 Å². The van der Waals surface area contributed by atoms with E-state index in [0.29, 0.717) is 24.5 Å². The quantitative estimate of drug-likeness (QED) is 0.409. The Morgan fingerprint density at radius 2 is 1.97 bits per heavy atom. The van der Waals surface area contributed by atoms with Gasteiger partial charge >= 0.3 is 0 Å². The summed E-state index contributed by atoms with van der Waals surface area (Å²) in [6, 6.07) is 10.6.